The predicted octanol–water partition coefficient (Wildman–Crippen LogP) is 4.03. The average molecular weight is 352 g/mol. The third-order valence-electron chi connectivity index (χ3n) is 4.05. The van der Waals surface area contributed by atoms with E-state index in [0.29, 0.717) is 18.1 Å². The van der Waals surface area contributed by atoms with E-state index in [1.54, 1.807) is 35.5 Å². The molecule has 0 amide bonds. The van der Waals surface area contributed by atoms with E-state index in [4.69, 9.17) is 4.74 Å². The highest BCUT2D eigenvalue weighted by Gasteiger charge is 2.30. The van der Waals surface area contributed by atoms with E-state index in [1.165, 1.54) is 0 Å². The number of hydrogen-bond acceptors (Lipinski definition) is 5. The van der Waals surface area contributed by atoms with Gasteiger partial charge in [-0.15, -0.1) is 11.8 Å². The number of nitrogens with zero attached hydrogens (tertiary/aromatic N) is 2. The maximum absolute atomic E-state index is 12.4. The van der Waals surface area contributed by atoms with Crippen LogP contribution in [-0.2, 0) is 10.5 Å². The first-order chi connectivity index (χ1) is 12.2. The summed E-state index contributed by atoms with van der Waals surface area (Å²) in [4.78, 5) is 13.4. The van der Waals surface area contributed by atoms with E-state index in [-0.39, 0.29) is 5.75 Å². The Kier molecular flexibility index (Phi) is 3.97. The van der Waals surface area contributed by atoms with Gasteiger partial charge in [-0.3, -0.25) is 0 Å². The molecule has 0 atom stereocenters. The molecule has 6 heteroatoms. The number of fused-ring (bicyclic) bond motifs is 3. The number of benzene rings is 2. The van der Waals surface area contributed by atoms with Gasteiger partial charge in [0.1, 0.15) is 5.75 Å². The molecule has 0 spiro atoms. The molecular formula is C19H16N2O3S. The molecule has 2 aromatic carbocycles. The Morgan fingerprint density at radius 3 is 2.84 bits per heavy atom. The van der Waals surface area contributed by atoms with Crippen molar-refractivity contribution in [1.82, 2.24) is 9.78 Å². The maximum atomic E-state index is 12.4. The van der Waals surface area contributed by atoms with Crippen LogP contribution in [-0.4, -0.2) is 27.5 Å². The van der Waals surface area contributed by atoms with Crippen molar-refractivity contribution in [3.8, 4) is 22.7 Å². The summed E-state index contributed by atoms with van der Waals surface area (Å²) >= 11 is 1.58. The molecule has 25 heavy (non-hydrogen) atoms. The zero-order chi connectivity index (χ0) is 17.4. The Balaban J connectivity index is 1.97. The van der Waals surface area contributed by atoms with Crippen LogP contribution in [0.5, 0.6) is 5.75 Å². The Hall–Kier alpha value is -2.73. The van der Waals surface area contributed by atoms with Crippen molar-refractivity contribution < 1.29 is 14.6 Å². The van der Waals surface area contributed by atoms with E-state index in [9.17, 15) is 9.90 Å². The molecule has 0 saturated carbocycles. The molecule has 0 bridgehead atoms. The van der Waals surface area contributed by atoms with Crippen molar-refractivity contribution in [2.24, 2.45) is 0 Å². The maximum Gasteiger partial charge on any atom is 0.359 e. The van der Waals surface area contributed by atoms with Crippen LogP contribution in [0.25, 0.3) is 16.9 Å². The second-order valence-corrected chi connectivity index (χ2v) is 6.63. The lowest BCUT2D eigenvalue weighted by Gasteiger charge is -2.18. The fourth-order valence-electron chi connectivity index (χ4n) is 2.96. The monoisotopic (exact) mass is 352 g/mol. The zero-order valence-corrected chi connectivity index (χ0v) is 14.4. The highest BCUT2D eigenvalue weighted by Crippen LogP contribution is 2.44. The Labute approximate surface area is 149 Å². The number of ether oxygens (including phenoxy) is 1. The number of esters is 1. The summed E-state index contributed by atoms with van der Waals surface area (Å²) in [5.74, 6) is 0.426. The molecule has 4 rings (SSSR count). The smallest absolute Gasteiger partial charge is 0.359 e. The van der Waals surface area contributed by atoms with Gasteiger partial charge in [0.2, 0.25) is 0 Å². The summed E-state index contributed by atoms with van der Waals surface area (Å²) < 4.78 is 6.98. The van der Waals surface area contributed by atoms with Crippen LogP contribution in [0, 0.1) is 0 Å². The summed E-state index contributed by atoms with van der Waals surface area (Å²) in [6.45, 7) is 2.09. The van der Waals surface area contributed by atoms with E-state index in [1.807, 2.05) is 36.4 Å². The van der Waals surface area contributed by atoms with Gasteiger partial charge in [-0.05, 0) is 37.3 Å². The summed E-state index contributed by atoms with van der Waals surface area (Å²) in [6.07, 6.45) is 0. The number of aromatic hydroxyl groups is 1. The molecule has 3 aromatic rings. The van der Waals surface area contributed by atoms with Crippen LogP contribution in [0.2, 0.25) is 0 Å². The van der Waals surface area contributed by atoms with Crippen molar-refractivity contribution >= 4 is 17.7 Å². The van der Waals surface area contributed by atoms with Gasteiger partial charge in [0, 0.05) is 21.8 Å². The molecule has 0 saturated heterocycles. The van der Waals surface area contributed by atoms with Gasteiger partial charge in [-0.25, -0.2) is 9.48 Å². The molecule has 2 heterocycles. The van der Waals surface area contributed by atoms with Crippen molar-refractivity contribution in [3.63, 3.8) is 0 Å². The number of aromatic nitrogens is 2. The first-order valence-electron chi connectivity index (χ1n) is 7.99. The lowest BCUT2D eigenvalue weighted by Crippen LogP contribution is -2.08. The number of hydrogen-bond donors (Lipinski definition) is 1. The Morgan fingerprint density at radius 1 is 1.28 bits per heavy atom. The average Bonchev–Trinajstić information content (AvgIpc) is 3.02. The topological polar surface area (TPSA) is 64.3 Å². The highest BCUT2D eigenvalue weighted by atomic mass is 32.2. The van der Waals surface area contributed by atoms with Crippen LogP contribution in [0.3, 0.4) is 0 Å². The molecular weight excluding hydrogens is 336 g/mol. The zero-order valence-electron chi connectivity index (χ0n) is 13.6. The van der Waals surface area contributed by atoms with Gasteiger partial charge >= 0.3 is 5.97 Å². The standard InChI is InChI=1S/C19H16N2O3S/c1-2-24-19(23)17-15-11-25-16-10-13(22)8-9-14(16)18(15)21(20-17)12-6-4-3-5-7-12/h3-10,22H,2,11H2,1H3. The first kappa shape index (κ1) is 15.8. The van der Waals surface area contributed by atoms with Gasteiger partial charge < -0.3 is 9.84 Å². The fraction of sp³-hybridized carbons (Fsp3) is 0.158. The van der Waals surface area contributed by atoms with Gasteiger partial charge in [-0.2, -0.15) is 5.10 Å². The van der Waals surface area contributed by atoms with E-state index < -0.39 is 5.97 Å². The summed E-state index contributed by atoms with van der Waals surface area (Å²) in [5.41, 5.74) is 3.93. The minimum Gasteiger partial charge on any atom is -0.508 e. The van der Waals surface area contributed by atoms with Gasteiger partial charge in [0.25, 0.3) is 0 Å². The minimum atomic E-state index is -0.406. The lowest BCUT2D eigenvalue weighted by molar-refractivity contribution is 0.0518. The number of thioether (sulfide) groups is 1. The van der Waals surface area contributed by atoms with Crippen LogP contribution >= 0.6 is 11.8 Å². The molecule has 1 aromatic heterocycles. The van der Waals surface area contributed by atoms with Gasteiger partial charge in [0.15, 0.2) is 5.69 Å². The number of carbonyl (C=O) groups excluding carboxylic acids is 1. The predicted molar refractivity (Wildman–Crippen MR) is 96.2 cm³/mol. The largest absolute Gasteiger partial charge is 0.508 e. The highest BCUT2D eigenvalue weighted by molar-refractivity contribution is 7.98. The van der Waals surface area contributed by atoms with E-state index >= 15 is 0 Å². The molecule has 126 valence electrons. The SMILES string of the molecule is CCOC(=O)c1nn(-c2ccccc2)c2c1CSc1cc(O)ccc1-2. The Bertz CT molecular complexity index is 951. The molecule has 1 N–H and O–H groups in total. The second-order valence-electron chi connectivity index (χ2n) is 5.61. The minimum absolute atomic E-state index is 0.228. The third-order valence-corrected chi connectivity index (χ3v) is 5.13. The van der Waals surface area contributed by atoms with Crippen LogP contribution in [0.1, 0.15) is 23.0 Å². The molecule has 0 fully saturated rings. The van der Waals surface area contributed by atoms with Crippen molar-refractivity contribution in [2.45, 2.75) is 17.6 Å². The number of rotatable bonds is 3. The molecule has 1 aliphatic heterocycles. The molecule has 1 aliphatic rings. The van der Waals surface area contributed by atoms with Crippen molar-refractivity contribution in [3.05, 3.63) is 59.8 Å². The van der Waals surface area contributed by atoms with E-state index in [2.05, 4.69) is 5.10 Å². The number of para-hydroxylation sites is 1. The summed E-state index contributed by atoms with van der Waals surface area (Å²) in [7, 11) is 0. The third kappa shape index (κ3) is 2.68. The van der Waals surface area contributed by atoms with Crippen molar-refractivity contribution in [1.29, 1.82) is 0 Å². The first-order valence-corrected chi connectivity index (χ1v) is 8.98. The summed E-state index contributed by atoms with van der Waals surface area (Å²) in [5, 5.41) is 14.3. The Morgan fingerprint density at radius 2 is 2.08 bits per heavy atom. The van der Waals surface area contributed by atoms with Gasteiger partial charge in [-0.1, -0.05) is 18.2 Å². The van der Waals surface area contributed by atoms with Crippen LogP contribution in [0.4, 0.5) is 0 Å². The molecule has 0 unspecified atom stereocenters. The lowest BCUT2D eigenvalue weighted by atomic mass is 10.1. The molecule has 0 aliphatic carbocycles. The fourth-order valence-corrected chi connectivity index (χ4v) is 4.06. The molecule has 0 radical (unpaired) electrons. The number of phenolic OH excluding ortho intramolecular Hbond substituents is 1. The number of phenols is 1. The van der Waals surface area contributed by atoms with Crippen LogP contribution < -0.4 is 0 Å². The van der Waals surface area contributed by atoms with E-state index in [0.717, 1.165) is 27.4 Å². The quantitative estimate of drug-likeness (QED) is 0.721. The number of carbonyl (C=O) groups is 1. The van der Waals surface area contributed by atoms with Crippen molar-refractivity contribution in [2.75, 3.05) is 6.61 Å². The normalized spacial score (nSPS) is 12.4. The van der Waals surface area contributed by atoms with Crippen LogP contribution in [0.15, 0.2) is 53.4 Å². The summed E-state index contributed by atoms with van der Waals surface area (Å²) in [6, 6.07) is 15.0. The second kappa shape index (κ2) is 6.29. The molecule has 5 nitrogen and oxygen atoms in total. The van der Waals surface area contributed by atoms with Gasteiger partial charge in [0.05, 0.1) is 18.0 Å².